The first kappa shape index (κ1) is 30.3. The number of nitrogens with zero attached hydrogens (tertiary/aromatic N) is 3. The number of carbonyl (C=O) groups excluding carboxylic acids is 2. The van der Waals surface area contributed by atoms with Gasteiger partial charge >= 0.3 is 0 Å². The Labute approximate surface area is 212 Å². The van der Waals surface area contributed by atoms with E-state index in [1.807, 2.05) is 69.3 Å². The van der Waals surface area contributed by atoms with Crippen molar-refractivity contribution in [3.63, 3.8) is 0 Å². The molecule has 0 aliphatic heterocycles. The van der Waals surface area contributed by atoms with Crippen molar-refractivity contribution in [2.75, 3.05) is 39.1 Å². The Morgan fingerprint density at radius 1 is 1.17 bits per heavy atom. The summed E-state index contributed by atoms with van der Waals surface area (Å²) >= 11 is 0. The highest BCUT2D eigenvalue weighted by Crippen LogP contribution is 2.28. The number of hydrogen-bond acceptors (Lipinski definition) is 5. The molecule has 7 heteroatoms. The van der Waals surface area contributed by atoms with E-state index in [2.05, 4.69) is 43.1 Å². The average molecular weight is 484 g/mol. The second kappa shape index (κ2) is 14.6. The molecule has 2 atom stereocenters. The third kappa shape index (κ3) is 9.07. The second-order valence-electron chi connectivity index (χ2n) is 9.94. The van der Waals surface area contributed by atoms with Crippen LogP contribution < -0.4 is 15.5 Å². The van der Waals surface area contributed by atoms with Crippen molar-refractivity contribution in [2.45, 2.75) is 65.0 Å². The standard InChI is InChI=1S/C28H45N5O2/c1-10-12-21(20-29-6)25(26(34)31-18-19-32(8)9)33(27(35)24(30-7)13-11-2)23-16-14-22(15-17-23)28(3,4)5/h10,12,14-17,20,24-25,30H,6,11,13,18-19H2,1-5,7-9H3,(H,31,34)/b12-10-,21-20+. The van der Waals surface area contributed by atoms with Crippen LogP contribution in [0.15, 0.2) is 53.2 Å². The van der Waals surface area contributed by atoms with Crippen LogP contribution in [0.3, 0.4) is 0 Å². The molecule has 2 N–H and O–H groups in total. The van der Waals surface area contributed by atoms with E-state index in [1.165, 1.54) is 0 Å². The molecule has 1 aromatic rings. The fraction of sp³-hybridized carbons (Fsp3) is 0.536. The van der Waals surface area contributed by atoms with Gasteiger partial charge in [0.1, 0.15) is 6.04 Å². The monoisotopic (exact) mass is 483 g/mol. The molecule has 2 unspecified atom stereocenters. The van der Waals surface area contributed by atoms with Crippen molar-refractivity contribution in [1.29, 1.82) is 0 Å². The predicted octanol–water partition coefficient (Wildman–Crippen LogP) is 3.91. The average Bonchev–Trinajstić information content (AvgIpc) is 2.79. The van der Waals surface area contributed by atoms with Crippen LogP contribution in [0.5, 0.6) is 0 Å². The van der Waals surface area contributed by atoms with E-state index in [0.29, 0.717) is 30.8 Å². The van der Waals surface area contributed by atoms with Crippen molar-refractivity contribution in [1.82, 2.24) is 15.5 Å². The van der Waals surface area contributed by atoms with E-state index in [4.69, 9.17) is 0 Å². The molecule has 7 nitrogen and oxygen atoms in total. The Hall–Kier alpha value is -2.77. The zero-order valence-corrected chi connectivity index (χ0v) is 22.9. The van der Waals surface area contributed by atoms with Gasteiger partial charge in [-0.2, -0.15) is 0 Å². The predicted molar refractivity (Wildman–Crippen MR) is 148 cm³/mol. The third-order valence-corrected chi connectivity index (χ3v) is 5.75. The normalized spacial score (nSPS) is 14.1. The molecular formula is C28H45N5O2. The van der Waals surface area contributed by atoms with Crippen molar-refractivity contribution >= 4 is 24.2 Å². The molecule has 0 aliphatic rings. The highest BCUT2D eigenvalue weighted by atomic mass is 16.2. The van der Waals surface area contributed by atoms with Gasteiger partial charge in [0.05, 0.1) is 6.04 Å². The summed E-state index contributed by atoms with van der Waals surface area (Å²) in [4.78, 5) is 35.2. The Bertz CT molecular complexity index is 882. The number of carbonyl (C=O) groups is 2. The fourth-order valence-electron chi connectivity index (χ4n) is 3.79. The number of benzene rings is 1. The number of aliphatic imine (C=N–C) groups is 1. The quantitative estimate of drug-likeness (QED) is 0.329. The number of amides is 2. The van der Waals surface area contributed by atoms with Crippen molar-refractivity contribution in [3.8, 4) is 0 Å². The molecule has 0 aromatic heterocycles. The summed E-state index contributed by atoms with van der Waals surface area (Å²) in [6, 6.07) is 6.56. The van der Waals surface area contributed by atoms with Gasteiger partial charge in [-0.15, -0.1) is 0 Å². The van der Waals surface area contributed by atoms with Gasteiger partial charge in [0.15, 0.2) is 0 Å². The number of hydrogen-bond donors (Lipinski definition) is 2. The molecule has 0 spiro atoms. The van der Waals surface area contributed by atoms with Gasteiger partial charge in [-0.05, 0) is 64.3 Å². The lowest BCUT2D eigenvalue weighted by Gasteiger charge is -2.35. The summed E-state index contributed by atoms with van der Waals surface area (Å²) in [5, 5.41) is 6.15. The molecule has 0 saturated heterocycles. The number of likely N-dealkylation sites (N-methyl/N-ethyl adjacent to an activating group) is 2. The van der Waals surface area contributed by atoms with Gasteiger partial charge in [-0.25, -0.2) is 0 Å². The van der Waals surface area contributed by atoms with Crippen LogP contribution in [0.1, 0.15) is 53.0 Å². The van der Waals surface area contributed by atoms with Gasteiger partial charge < -0.3 is 15.5 Å². The molecule has 0 saturated carbocycles. The minimum Gasteiger partial charge on any atom is -0.353 e. The van der Waals surface area contributed by atoms with Gasteiger partial charge in [0, 0.05) is 30.5 Å². The third-order valence-electron chi connectivity index (χ3n) is 5.75. The molecule has 1 rings (SSSR count). The summed E-state index contributed by atoms with van der Waals surface area (Å²) in [7, 11) is 5.68. The largest absolute Gasteiger partial charge is 0.353 e. The lowest BCUT2D eigenvalue weighted by atomic mass is 9.87. The highest BCUT2D eigenvalue weighted by Gasteiger charge is 2.36. The molecule has 0 bridgehead atoms. The molecule has 0 radical (unpaired) electrons. The first-order valence-electron chi connectivity index (χ1n) is 12.3. The zero-order chi connectivity index (χ0) is 26.6. The Balaban J connectivity index is 3.70. The van der Waals surface area contributed by atoms with E-state index in [1.54, 1.807) is 18.1 Å². The van der Waals surface area contributed by atoms with Crippen LogP contribution in [-0.4, -0.2) is 69.7 Å². The van der Waals surface area contributed by atoms with Crippen LogP contribution in [0.2, 0.25) is 0 Å². The summed E-state index contributed by atoms with van der Waals surface area (Å²) in [6.45, 7) is 15.1. The molecule has 194 valence electrons. The van der Waals surface area contributed by atoms with Crippen molar-refractivity contribution in [2.24, 2.45) is 4.99 Å². The summed E-state index contributed by atoms with van der Waals surface area (Å²) in [6.07, 6.45) is 6.68. The second-order valence-corrected chi connectivity index (χ2v) is 9.94. The van der Waals surface area contributed by atoms with Crippen molar-refractivity contribution < 1.29 is 9.59 Å². The molecule has 2 amide bonds. The number of nitrogens with one attached hydrogen (secondary N) is 2. The summed E-state index contributed by atoms with van der Waals surface area (Å²) in [5.74, 6) is -0.426. The van der Waals surface area contributed by atoms with Gasteiger partial charge in [-0.3, -0.25) is 19.5 Å². The molecule has 0 aliphatic carbocycles. The fourth-order valence-corrected chi connectivity index (χ4v) is 3.79. The molecule has 1 aromatic carbocycles. The Kier molecular flexibility index (Phi) is 12.6. The minimum atomic E-state index is -0.903. The maximum Gasteiger partial charge on any atom is 0.247 e. The Morgan fingerprint density at radius 3 is 2.26 bits per heavy atom. The first-order valence-corrected chi connectivity index (χ1v) is 12.3. The molecule has 0 fully saturated rings. The number of allylic oxidation sites excluding steroid dienone is 1. The molecule has 35 heavy (non-hydrogen) atoms. The van der Waals surface area contributed by atoms with Crippen LogP contribution in [0.4, 0.5) is 5.69 Å². The van der Waals surface area contributed by atoms with Gasteiger partial charge in [0.2, 0.25) is 11.8 Å². The molecular weight excluding hydrogens is 438 g/mol. The lowest BCUT2D eigenvalue weighted by Crippen LogP contribution is -2.56. The van der Waals surface area contributed by atoms with Gasteiger partial charge in [-0.1, -0.05) is 58.4 Å². The summed E-state index contributed by atoms with van der Waals surface area (Å²) < 4.78 is 0. The van der Waals surface area contributed by atoms with Crippen LogP contribution >= 0.6 is 0 Å². The Morgan fingerprint density at radius 2 is 1.80 bits per heavy atom. The van der Waals surface area contributed by atoms with E-state index >= 15 is 0 Å². The maximum atomic E-state index is 14.0. The smallest absolute Gasteiger partial charge is 0.247 e. The van der Waals surface area contributed by atoms with Crippen LogP contribution in [0.25, 0.3) is 0 Å². The van der Waals surface area contributed by atoms with E-state index < -0.39 is 12.1 Å². The minimum absolute atomic E-state index is 0.0329. The molecule has 0 heterocycles. The van der Waals surface area contributed by atoms with E-state index in [9.17, 15) is 9.59 Å². The van der Waals surface area contributed by atoms with Crippen LogP contribution in [0, 0.1) is 0 Å². The van der Waals surface area contributed by atoms with E-state index in [0.717, 1.165) is 12.0 Å². The SMILES string of the molecule is C=N/C=C(\C=C/C)C(C(=O)NCCN(C)C)N(C(=O)C(CCC)NC)c1ccc(C(C)(C)C)cc1. The first-order chi connectivity index (χ1) is 16.5. The number of rotatable bonds is 13. The van der Waals surface area contributed by atoms with Crippen LogP contribution in [-0.2, 0) is 15.0 Å². The van der Waals surface area contributed by atoms with E-state index in [-0.39, 0.29) is 17.2 Å². The topological polar surface area (TPSA) is 77.0 Å². The maximum absolute atomic E-state index is 14.0. The highest BCUT2D eigenvalue weighted by molar-refractivity contribution is 6.05. The zero-order valence-electron chi connectivity index (χ0n) is 22.9. The lowest BCUT2D eigenvalue weighted by molar-refractivity contribution is -0.126. The van der Waals surface area contributed by atoms with Crippen molar-refractivity contribution in [3.05, 3.63) is 53.8 Å². The van der Waals surface area contributed by atoms with Gasteiger partial charge in [0.25, 0.3) is 0 Å². The summed E-state index contributed by atoms with van der Waals surface area (Å²) in [5.41, 5.74) is 2.36. The number of anilines is 1.